The van der Waals surface area contributed by atoms with Crippen LogP contribution in [0.4, 0.5) is 0 Å². The molecule has 7 heteroatoms. The zero-order valence-corrected chi connectivity index (χ0v) is 16.2. The van der Waals surface area contributed by atoms with E-state index in [4.69, 9.17) is 0 Å². The lowest BCUT2D eigenvalue weighted by molar-refractivity contribution is 0.0943. The second-order valence-corrected chi connectivity index (χ2v) is 9.60. The van der Waals surface area contributed by atoms with Gasteiger partial charge in [-0.05, 0) is 60.4 Å². The maximum Gasteiger partial charge on any atom is 0.262 e. The van der Waals surface area contributed by atoms with Crippen LogP contribution in [-0.2, 0) is 10.0 Å². The number of sulfonamides is 1. The van der Waals surface area contributed by atoms with Crippen molar-refractivity contribution in [2.45, 2.75) is 36.6 Å². The Morgan fingerprint density at radius 3 is 2.40 bits per heavy atom. The molecule has 0 saturated heterocycles. The number of carbonyl (C=O) groups is 1. The number of amides is 1. The molecule has 1 fully saturated rings. The average molecular weight is 379 g/mol. The fourth-order valence-corrected chi connectivity index (χ4v) is 4.49. The Balaban J connectivity index is 1.72. The van der Waals surface area contributed by atoms with Crippen molar-refractivity contribution in [3.63, 3.8) is 0 Å². The number of benzene rings is 1. The molecule has 25 heavy (non-hydrogen) atoms. The first kappa shape index (κ1) is 18.1. The summed E-state index contributed by atoms with van der Waals surface area (Å²) in [6.07, 6.45) is 2.32. The summed E-state index contributed by atoms with van der Waals surface area (Å²) in [5.41, 5.74) is 2.03. The Kier molecular flexibility index (Phi) is 4.99. The van der Waals surface area contributed by atoms with Crippen molar-refractivity contribution in [2.24, 2.45) is 0 Å². The van der Waals surface area contributed by atoms with Gasteiger partial charge in [0.05, 0.1) is 15.8 Å². The number of carbonyl (C=O) groups excluding carboxylic acids is 1. The van der Waals surface area contributed by atoms with E-state index >= 15 is 0 Å². The molecule has 1 atom stereocenters. The number of thiophene rings is 1. The number of nitrogens with one attached hydrogen (secondary N) is 1. The van der Waals surface area contributed by atoms with Gasteiger partial charge in [0.1, 0.15) is 0 Å². The van der Waals surface area contributed by atoms with Gasteiger partial charge in [-0.3, -0.25) is 4.79 Å². The molecule has 0 radical (unpaired) electrons. The van der Waals surface area contributed by atoms with E-state index in [0.717, 1.165) is 28.8 Å². The van der Waals surface area contributed by atoms with E-state index in [0.29, 0.717) is 5.92 Å². The van der Waals surface area contributed by atoms with E-state index in [1.807, 2.05) is 18.4 Å². The van der Waals surface area contributed by atoms with Crippen molar-refractivity contribution in [3.05, 3.63) is 51.7 Å². The Hall–Kier alpha value is -1.70. The lowest BCUT2D eigenvalue weighted by atomic mass is 10.1. The Bertz CT molecular complexity index is 866. The van der Waals surface area contributed by atoms with Crippen LogP contribution in [0.15, 0.2) is 40.6 Å². The van der Waals surface area contributed by atoms with Crippen LogP contribution in [0.3, 0.4) is 0 Å². The number of rotatable bonds is 6. The van der Waals surface area contributed by atoms with Crippen LogP contribution in [0.25, 0.3) is 0 Å². The summed E-state index contributed by atoms with van der Waals surface area (Å²) in [6.45, 7) is 1.90. The van der Waals surface area contributed by atoms with Crippen molar-refractivity contribution in [1.82, 2.24) is 9.62 Å². The highest BCUT2D eigenvalue weighted by molar-refractivity contribution is 7.89. The van der Waals surface area contributed by atoms with Gasteiger partial charge in [0.25, 0.3) is 5.91 Å². The highest BCUT2D eigenvalue weighted by Gasteiger charge is 2.29. The van der Waals surface area contributed by atoms with E-state index in [1.165, 1.54) is 29.7 Å². The fraction of sp³-hybridized carbons (Fsp3) is 0.389. The van der Waals surface area contributed by atoms with Crippen LogP contribution in [-0.4, -0.2) is 32.7 Å². The van der Waals surface area contributed by atoms with Gasteiger partial charge in [0.15, 0.2) is 0 Å². The zero-order chi connectivity index (χ0) is 18.2. The maximum absolute atomic E-state index is 12.6. The molecule has 0 bridgehead atoms. The third-order valence-electron chi connectivity index (χ3n) is 4.43. The minimum absolute atomic E-state index is 0.0608. The highest BCUT2D eigenvalue weighted by Crippen LogP contribution is 2.43. The quantitative estimate of drug-likeness (QED) is 0.838. The van der Waals surface area contributed by atoms with Gasteiger partial charge in [-0.15, -0.1) is 11.3 Å². The monoisotopic (exact) mass is 378 g/mol. The van der Waals surface area contributed by atoms with Gasteiger partial charge in [-0.1, -0.05) is 12.1 Å². The molecule has 0 aliphatic heterocycles. The van der Waals surface area contributed by atoms with E-state index in [2.05, 4.69) is 5.32 Å². The minimum Gasteiger partial charge on any atom is -0.345 e. The van der Waals surface area contributed by atoms with Crippen molar-refractivity contribution < 1.29 is 13.2 Å². The second-order valence-electron chi connectivity index (χ2n) is 6.53. The summed E-state index contributed by atoms with van der Waals surface area (Å²) < 4.78 is 25.4. The first-order chi connectivity index (χ1) is 11.8. The molecule has 5 nitrogen and oxygen atoms in total. The summed E-state index contributed by atoms with van der Waals surface area (Å²) >= 11 is 1.48. The molecule has 1 N–H and O–H groups in total. The first-order valence-electron chi connectivity index (χ1n) is 8.21. The van der Waals surface area contributed by atoms with Gasteiger partial charge in [-0.2, -0.15) is 0 Å². The molecule has 1 aromatic carbocycles. The smallest absolute Gasteiger partial charge is 0.262 e. The second kappa shape index (κ2) is 6.90. The summed E-state index contributed by atoms with van der Waals surface area (Å²) in [5, 5.41) is 4.98. The minimum atomic E-state index is -3.44. The normalized spacial score (nSPS) is 16.0. The number of nitrogens with zero attached hydrogens (tertiary/aromatic N) is 1. The molecule has 3 rings (SSSR count). The van der Waals surface area contributed by atoms with Gasteiger partial charge < -0.3 is 5.32 Å². The standard InChI is InChI=1S/C18H22N2O3S2/c1-12(13-6-8-15(9-7-13)25(22,23)20(2)3)19-18(21)17-16(10-11-24-17)14-4-5-14/h6-12,14H,4-5H2,1-3H3,(H,19,21). The average Bonchev–Trinajstić information content (AvgIpc) is 3.31. The summed E-state index contributed by atoms with van der Waals surface area (Å²) in [7, 11) is -0.429. The lowest BCUT2D eigenvalue weighted by Gasteiger charge is -2.16. The van der Waals surface area contributed by atoms with E-state index in [9.17, 15) is 13.2 Å². The first-order valence-corrected chi connectivity index (χ1v) is 10.5. The van der Waals surface area contributed by atoms with Gasteiger partial charge in [0, 0.05) is 14.1 Å². The van der Waals surface area contributed by atoms with E-state index < -0.39 is 10.0 Å². The fourth-order valence-electron chi connectivity index (χ4n) is 2.70. The molecule has 0 spiro atoms. The van der Waals surface area contributed by atoms with Crippen LogP contribution < -0.4 is 5.32 Å². The lowest BCUT2D eigenvalue weighted by Crippen LogP contribution is -2.27. The van der Waals surface area contributed by atoms with Gasteiger partial charge in [0.2, 0.25) is 10.0 Å². The van der Waals surface area contributed by atoms with Crippen molar-refractivity contribution in [3.8, 4) is 0 Å². The highest BCUT2D eigenvalue weighted by atomic mass is 32.2. The number of hydrogen-bond acceptors (Lipinski definition) is 4. The van der Waals surface area contributed by atoms with Crippen molar-refractivity contribution in [1.29, 1.82) is 0 Å². The molecule has 134 valence electrons. The Morgan fingerprint density at radius 1 is 1.20 bits per heavy atom. The van der Waals surface area contributed by atoms with Crippen LogP contribution in [0.2, 0.25) is 0 Å². The molecule has 1 amide bonds. The van der Waals surface area contributed by atoms with Gasteiger partial charge >= 0.3 is 0 Å². The SMILES string of the molecule is CC(NC(=O)c1sccc1C1CC1)c1ccc(S(=O)(=O)N(C)C)cc1. The Labute approximate surface area is 152 Å². The molecular formula is C18H22N2O3S2. The summed E-state index contributed by atoms with van der Waals surface area (Å²) in [4.78, 5) is 13.6. The number of hydrogen-bond donors (Lipinski definition) is 1. The van der Waals surface area contributed by atoms with Crippen molar-refractivity contribution in [2.75, 3.05) is 14.1 Å². The third kappa shape index (κ3) is 3.78. The third-order valence-corrected chi connectivity index (χ3v) is 7.18. The molecule has 1 unspecified atom stereocenters. The zero-order valence-electron chi connectivity index (χ0n) is 14.5. The van der Waals surface area contributed by atoms with Crippen LogP contribution in [0.1, 0.15) is 52.5 Å². The van der Waals surface area contributed by atoms with E-state index in [1.54, 1.807) is 24.3 Å². The summed E-state index contributed by atoms with van der Waals surface area (Å²) in [5.74, 6) is 0.479. The van der Waals surface area contributed by atoms with Gasteiger partial charge in [-0.25, -0.2) is 12.7 Å². The van der Waals surface area contributed by atoms with Crippen LogP contribution in [0, 0.1) is 0 Å². The molecule has 1 aromatic heterocycles. The molecule has 2 aromatic rings. The maximum atomic E-state index is 12.6. The Morgan fingerprint density at radius 2 is 1.84 bits per heavy atom. The van der Waals surface area contributed by atoms with Crippen LogP contribution in [0.5, 0.6) is 0 Å². The van der Waals surface area contributed by atoms with Crippen LogP contribution >= 0.6 is 11.3 Å². The topological polar surface area (TPSA) is 66.5 Å². The predicted octanol–water partition coefficient (Wildman–Crippen LogP) is 3.37. The largest absolute Gasteiger partial charge is 0.345 e. The molecule has 1 aliphatic rings. The molecule has 1 heterocycles. The predicted molar refractivity (Wildman–Crippen MR) is 99.5 cm³/mol. The van der Waals surface area contributed by atoms with Crippen molar-refractivity contribution >= 4 is 27.3 Å². The molecular weight excluding hydrogens is 356 g/mol. The molecule has 1 saturated carbocycles. The molecule has 1 aliphatic carbocycles. The summed E-state index contributed by atoms with van der Waals surface area (Å²) in [6, 6.07) is 8.50. The van der Waals surface area contributed by atoms with E-state index in [-0.39, 0.29) is 16.8 Å².